The topological polar surface area (TPSA) is 59.6 Å². The molecule has 2 aromatic rings. The lowest BCUT2D eigenvalue weighted by Gasteiger charge is -2.06. The molecule has 3 nitrogen and oxygen atoms in total. The molecule has 0 atom stereocenters. The van der Waals surface area contributed by atoms with Crippen LogP contribution >= 0.6 is 11.3 Å². The minimum Gasteiger partial charge on any atom is -0.385 e. The van der Waals surface area contributed by atoms with Crippen molar-refractivity contribution in [1.29, 1.82) is 10.5 Å². The fraction of sp³-hybridized carbons (Fsp3) is 0.143. The summed E-state index contributed by atoms with van der Waals surface area (Å²) in [5.41, 5.74) is 1.71. The van der Waals surface area contributed by atoms with Gasteiger partial charge >= 0.3 is 0 Å². The summed E-state index contributed by atoms with van der Waals surface area (Å²) in [6, 6.07) is 13.4. The maximum atomic E-state index is 8.92. The summed E-state index contributed by atoms with van der Waals surface area (Å²) in [6.45, 7) is 0.817. The Morgan fingerprint density at radius 1 is 1.11 bits per heavy atom. The number of anilines is 1. The average Bonchev–Trinajstić information content (AvgIpc) is 2.91. The highest BCUT2D eigenvalue weighted by molar-refractivity contribution is 7.09. The van der Waals surface area contributed by atoms with Crippen molar-refractivity contribution in [3.8, 4) is 12.1 Å². The Labute approximate surface area is 110 Å². The molecular formula is C14H11N3S. The molecule has 0 radical (unpaired) electrons. The van der Waals surface area contributed by atoms with Crippen molar-refractivity contribution in [2.24, 2.45) is 0 Å². The second-order valence-electron chi connectivity index (χ2n) is 3.74. The highest BCUT2D eigenvalue weighted by atomic mass is 32.1. The molecule has 0 saturated heterocycles. The summed E-state index contributed by atoms with van der Waals surface area (Å²) < 4.78 is 0. The van der Waals surface area contributed by atoms with Gasteiger partial charge in [0.05, 0.1) is 11.1 Å². The molecule has 0 saturated carbocycles. The summed E-state index contributed by atoms with van der Waals surface area (Å²) in [6.07, 6.45) is 0.958. The number of nitrogens with zero attached hydrogens (tertiary/aromatic N) is 2. The lowest BCUT2D eigenvalue weighted by molar-refractivity contribution is 1.04. The van der Waals surface area contributed by atoms with E-state index in [0.29, 0.717) is 11.1 Å². The van der Waals surface area contributed by atoms with Crippen molar-refractivity contribution in [2.45, 2.75) is 6.42 Å². The van der Waals surface area contributed by atoms with Crippen LogP contribution in [0.1, 0.15) is 16.0 Å². The molecule has 0 aliphatic heterocycles. The normalized spacial score (nSPS) is 9.44. The minimum atomic E-state index is 0.415. The molecular weight excluding hydrogens is 242 g/mol. The predicted molar refractivity (Wildman–Crippen MR) is 72.4 cm³/mol. The van der Waals surface area contributed by atoms with E-state index in [0.717, 1.165) is 18.7 Å². The number of rotatable bonds is 4. The van der Waals surface area contributed by atoms with Gasteiger partial charge in [0, 0.05) is 17.1 Å². The van der Waals surface area contributed by atoms with Crippen molar-refractivity contribution in [3.05, 3.63) is 51.7 Å². The van der Waals surface area contributed by atoms with Gasteiger partial charge in [-0.1, -0.05) is 6.07 Å². The van der Waals surface area contributed by atoms with Gasteiger partial charge in [-0.2, -0.15) is 10.5 Å². The molecule has 0 aliphatic carbocycles. The molecule has 88 valence electrons. The van der Waals surface area contributed by atoms with E-state index in [4.69, 9.17) is 10.5 Å². The predicted octanol–water partition coefficient (Wildman–Crippen LogP) is 3.15. The maximum absolute atomic E-state index is 8.92. The van der Waals surface area contributed by atoms with E-state index in [9.17, 15) is 0 Å². The summed E-state index contributed by atoms with van der Waals surface area (Å²) in [5, 5.41) is 23.1. The van der Waals surface area contributed by atoms with Crippen LogP contribution in [0.25, 0.3) is 0 Å². The van der Waals surface area contributed by atoms with Crippen LogP contribution in [0.4, 0.5) is 5.69 Å². The number of thiophene rings is 1. The van der Waals surface area contributed by atoms with Gasteiger partial charge in [0.2, 0.25) is 0 Å². The molecule has 0 spiro atoms. The van der Waals surface area contributed by atoms with E-state index in [1.54, 1.807) is 23.5 Å². The first kappa shape index (κ1) is 12.2. The third-order valence-corrected chi connectivity index (χ3v) is 3.48. The van der Waals surface area contributed by atoms with Gasteiger partial charge in [-0.05, 0) is 36.1 Å². The molecule has 1 aromatic heterocycles. The molecule has 1 N–H and O–H groups in total. The molecule has 0 unspecified atom stereocenters. The van der Waals surface area contributed by atoms with Crippen molar-refractivity contribution >= 4 is 17.0 Å². The lowest BCUT2D eigenvalue weighted by Crippen LogP contribution is -2.04. The summed E-state index contributed by atoms with van der Waals surface area (Å²) in [7, 11) is 0. The number of hydrogen-bond donors (Lipinski definition) is 1. The van der Waals surface area contributed by atoms with Crippen molar-refractivity contribution < 1.29 is 0 Å². The Bertz CT molecular complexity index is 603. The monoisotopic (exact) mass is 253 g/mol. The zero-order valence-electron chi connectivity index (χ0n) is 9.68. The fourth-order valence-electron chi connectivity index (χ4n) is 1.63. The van der Waals surface area contributed by atoms with E-state index in [2.05, 4.69) is 16.8 Å². The number of hydrogen-bond acceptors (Lipinski definition) is 4. The number of nitrogens with one attached hydrogen (secondary N) is 1. The highest BCUT2D eigenvalue weighted by Crippen LogP contribution is 2.15. The zero-order valence-corrected chi connectivity index (χ0v) is 10.5. The van der Waals surface area contributed by atoms with Crippen LogP contribution < -0.4 is 5.32 Å². The van der Waals surface area contributed by atoms with Crippen LogP contribution in [0, 0.1) is 22.7 Å². The third kappa shape index (κ3) is 2.88. The molecule has 4 heteroatoms. The first-order chi connectivity index (χ1) is 8.83. The molecule has 1 heterocycles. The van der Waals surface area contributed by atoms with Crippen molar-refractivity contribution in [3.63, 3.8) is 0 Å². The van der Waals surface area contributed by atoms with Crippen molar-refractivity contribution in [2.75, 3.05) is 11.9 Å². The highest BCUT2D eigenvalue weighted by Gasteiger charge is 2.02. The number of benzene rings is 1. The standard InChI is InChI=1S/C14H11N3S/c15-9-11-3-4-13(8-12(11)10-16)17-6-5-14-2-1-7-18-14/h1-4,7-8,17H,5-6H2. The number of nitriles is 2. The summed E-state index contributed by atoms with van der Waals surface area (Å²) in [4.78, 5) is 1.33. The van der Waals surface area contributed by atoms with Crippen LogP contribution in [0.3, 0.4) is 0 Å². The molecule has 0 bridgehead atoms. The van der Waals surface area contributed by atoms with Crippen LogP contribution in [-0.2, 0) is 6.42 Å². The van der Waals surface area contributed by atoms with Crippen LogP contribution in [0.15, 0.2) is 35.7 Å². The Morgan fingerprint density at radius 3 is 2.61 bits per heavy atom. The largest absolute Gasteiger partial charge is 0.385 e. The van der Waals surface area contributed by atoms with Gasteiger partial charge in [-0.3, -0.25) is 0 Å². The van der Waals surface area contributed by atoms with Crippen LogP contribution in [0.5, 0.6) is 0 Å². The third-order valence-electron chi connectivity index (χ3n) is 2.54. The second kappa shape index (κ2) is 5.86. The minimum absolute atomic E-state index is 0.415. The van der Waals surface area contributed by atoms with E-state index >= 15 is 0 Å². The van der Waals surface area contributed by atoms with E-state index in [1.165, 1.54) is 4.88 Å². The Balaban J connectivity index is 1.98. The Morgan fingerprint density at radius 2 is 1.94 bits per heavy atom. The summed E-state index contributed by atoms with van der Waals surface area (Å²) in [5.74, 6) is 0. The van der Waals surface area contributed by atoms with E-state index in [-0.39, 0.29) is 0 Å². The average molecular weight is 253 g/mol. The molecule has 18 heavy (non-hydrogen) atoms. The maximum Gasteiger partial charge on any atom is 0.101 e. The van der Waals surface area contributed by atoms with Crippen LogP contribution in [-0.4, -0.2) is 6.54 Å². The quantitative estimate of drug-likeness (QED) is 0.910. The summed E-state index contributed by atoms with van der Waals surface area (Å²) >= 11 is 1.74. The van der Waals surface area contributed by atoms with Gasteiger partial charge in [0.25, 0.3) is 0 Å². The molecule has 2 rings (SSSR count). The van der Waals surface area contributed by atoms with Crippen LogP contribution in [0.2, 0.25) is 0 Å². The van der Waals surface area contributed by atoms with Crippen molar-refractivity contribution in [1.82, 2.24) is 0 Å². The second-order valence-corrected chi connectivity index (χ2v) is 4.77. The molecule has 0 fully saturated rings. The van der Waals surface area contributed by atoms with Gasteiger partial charge < -0.3 is 5.32 Å². The van der Waals surface area contributed by atoms with Gasteiger partial charge in [0.15, 0.2) is 0 Å². The van der Waals surface area contributed by atoms with E-state index < -0.39 is 0 Å². The first-order valence-corrected chi connectivity index (χ1v) is 6.42. The lowest BCUT2D eigenvalue weighted by atomic mass is 10.1. The molecule has 0 amide bonds. The van der Waals surface area contributed by atoms with Gasteiger partial charge in [-0.15, -0.1) is 11.3 Å². The SMILES string of the molecule is N#Cc1ccc(NCCc2cccs2)cc1C#N. The zero-order chi connectivity index (χ0) is 12.8. The fourth-order valence-corrected chi connectivity index (χ4v) is 2.34. The Hall–Kier alpha value is -2.30. The van der Waals surface area contributed by atoms with Gasteiger partial charge in [0.1, 0.15) is 12.1 Å². The van der Waals surface area contributed by atoms with E-state index in [1.807, 2.05) is 24.3 Å². The molecule has 1 aromatic carbocycles. The smallest absolute Gasteiger partial charge is 0.101 e. The first-order valence-electron chi connectivity index (χ1n) is 5.54. The Kier molecular flexibility index (Phi) is 3.96. The van der Waals surface area contributed by atoms with Gasteiger partial charge in [-0.25, -0.2) is 0 Å². The molecule has 0 aliphatic rings.